The van der Waals surface area contributed by atoms with E-state index in [1.807, 2.05) is 58.5 Å². The Morgan fingerprint density at radius 3 is 1.42 bits per heavy atom. The van der Waals surface area contributed by atoms with Crippen molar-refractivity contribution in [1.82, 2.24) is 112 Å². The molecule has 1 amide bonds. The highest BCUT2D eigenvalue weighted by molar-refractivity contribution is 8.00. The first-order valence-corrected chi connectivity index (χ1v) is 31.8. The molecule has 1 N–H and O–H groups in total. The van der Waals surface area contributed by atoms with E-state index in [4.69, 9.17) is 26.8 Å². The first-order chi connectivity index (χ1) is 46.7. The number of furan rings is 5. The molecule has 5 atom stereocenters. The first kappa shape index (κ1) is 69.4. The van der Waals surface area contributed by atoms with Gasteiger partial charge in [-0.3, -0.25) is 19.4 Å². The predicted octanol–water partition coefficient (Wildman–Crippen LogP) is 8.29. The molecule has 2 fully saturated rings. The molecular formula is C63H70N22O10S. The molecule has 2 saturated heterocycles. The number of hydrogen-bond acceptors (Lipinski definition) is 32. The average Bonchev–Trinajstić information content (AvgIpc) is 1.72. The number of rotatable bonds is 21. The maximum absolute atomic E-state index is 11.9. The Morgan fingerprint density at radius 2 is 1.00 bits per heavy atom. The van der Waals surface area contributed by atoms with E-state index in [-0.39, 0.29) is 36.1 Å². The van der Waals surface area contributed by atoms with Gasteiger partial charge in [-0.25, -0.2) is 0 Å². The van der Waals surface area contributed by atoms with Gasteiger partial charge in [0.1, 0.15) is 36.9 Å². The van der Waals surface area contributed by atoms with E-state index in [1.54, 1.807) is 80.3 Å². The third kappa shape index (κ3) is 21.5. The average molecular weight is 1330 g/mol. The lowest BCUT2D eigenvalue weighted by atomic mass is 9.97. The Balaban J connectivity index is 0.000000143. The summed E-state index contributed by atoms with van der Waals surface area (Å²) in [6, 6.07) is 13.1. The minimum absolute atomic E-state index is 0.149. The summed E-state index contributed by atoms with van der Waals surface area (Å²) in [5.74, 6) is 6.38. The van der Waals surface area contributed by atoms with Crippen LogP contribution >= 0.6 is 11.8 Å². The number of esters is 2. The zero-order valence-corrected chi connectivity index (χ0v) is 54.5. The molecule has 0 bridgehead atoms. The van der Waals surface area contributed by atoms with Gasteiger partial charge in [0.25, 0.3) is 0 Å². The SMILES string of the molecule is CCc1nnc(-c2ccoc2)nn1.COC(=O)CCc1nnc(-c2ccoc2)nn1.C[C@@H](CCc1nnc(-c2ccoc2)nn1)C(=O)OC(C)(C)C.C[C@@H](Cc1ccncc1)c1nnc(-c2ccoc2)nn1.O=C1C[C@H]2CS[C@@H](CCCCc3nnc(-c4ccoc4)nn3)[C@H]2N1. The second-order valence-electron chi connectivity index (χ2n) is 22.7. The van der Waals surface area contributed by atoms with E-state index < -0.39 is 5.60 Å². The molecule has 13 heterocycles. The number of fused-ring (bicyclic) bond motifs is 1. The van der Waals surface area contributed by atoms with Crippen LogP contribution in [0.2, 0.25) is 0 Å². The number of aryl methyl sites for hydroxylation is 4. The van der Waals surface area contributed by atoms with Crippen molar-refractivity contribution in [1.29, 1.82) is 0 Å². The van der Waals surface area contributed by atoms with Crippen molar-refractivity contribution in [2.75, 3.05) is 12.9 Å². The van der Waals surface area contributed by atoms with Crippen LogP contribution < -0.4 is 5.32 Å². The van der Waals surface area contributed by atoms with Crippen molar-refractivity contribution in [3.63, 3.8) is 0 Å². The second kappa shape index (κ2) is 35.3. The highest BCUT2D eigenvalue weighted by Gasteiger charge is 2.42. The van der Waals surface area contributed by atoms with E-state index >= 15 is 0 Å². The fraction of sp³-hybridized carbons (Fsp3) is 0.397. The number of unbranched alkanes of at least 4 members (excludes halogenated alkanes) is 1. The summed E-state index contributed by atoms with van der Waals surface area (Å²) in [5.41, 5.74) is 4.51. The lowest BCUT2D eigenvalue weighted by Gasteiger charge is -2.22. The Bertz CT molecular complexity index is 4010. The molecule has 13 rings (SSSR count). The Kier molecular flexibility index (Phi) is 25.5. The van der Waals surface area contributed by atoms with Crippen LogP contribution in [0.15, 0.2) is 140 Å². The fourth-order valence-corrected chi connectivity index (χ4v) is 10.7. The Hall–Kier alpha value is -11.0. The number of methoxy groups -OCH3 is 1. The van der Waals surface area contributed by atoms with Crippen LogP contribution in [0.3, 0.4) is 0 Å². The Morgan fingerprint density at radius 1 is 0.573 bits per heavy atom. The van der Waals surface area contributed by atoms with E-state index in [0.717, 1.165) is 66.5 Å². The number of nitrogens with zero attached hydrogens (tertiary/aromatic N) is 21. The van der Waals surface area contributed by atoms with Gasteiger partial charge in [-0.05, 0) is 106 Å². The molecule has 11 aromatic heterocycles. The molecule has 0 radical (unpaired) electrons. The highest BCUT2D eigenvalue weighted by atomic mass is 32.2. The molecule has 0 saturated carbocycles. The summed E-state index contributed by atoms with van der Waals surface area (Å²) in [5, 5.41) is 83.8. The molecule has 0 aliphatic carbocycles. The molecular weight excluding hydrogens is 1260 g/mol. The number of carbonyl (C=O) groups excluding carboxylic acids is 3. The normalized spacial score (nSPS) is 15.1. The zero-order chi connectivity index (χ0) is 67.5. The van der Waals surface area contributed by atoms with Gasteiger partial charge in [0.15, 0.2) is 29.1 Å². The van der Waals surface area contributed by atoms with E-state index in [0.29, 0.717) is 107 Å². The molecule has 96 heavy (non-hydrogen) atoms. The van der Waals surface area contributed by atoms with Gasteiger partial charge in [-0.2, -0.15) is 11.8 Å². The molecule has 11 aromatic rings. The van der Waals surface area contributed by atoms with Gasteiger partial charge in [0.05, 0.1) is 78.6 Å². The van der Waals surface area contributed by atoms with Crippen LogP contribution in [0.25, 0.3) is 56.9 Å². The summed E-state index contributed by atoms with van der Waals surface area (Å²) in [4.78, 5) is 38.3. The lowest BCUT2D eigenvalue weighted by Crippen LogP contribution is -2.34. The molecule has 2 aliphatic heterocycles. The molecule has 498 valence electrons. The van der Waals surface area contributed by atoms with Crippen molar-refractivity contribution in [2.24, 2.45) is 11.8 Å². The summed E-state index contributed by atoms with van der Waals surface area (Å²) in [6.07, 6.45) is 27.0. The van der Waals surface area contributed by atoms with Crippen molar-refractivity contribution in [3.8, 4) is 56.9 Å². The number of pyridine rings is 1. The van der Waals surface area contributed by atoms with Crippen LogP contribution in [0.5, 0.6) is 0 Å². The van der Waals surface area contributed by atoms with Crippen molar-refractivity contribution in [2.45, 2.75) is 135 Å². The number of nitrogens with one attached hydrogen (secondary N) is 1. The maximum atomic E-state index is 11.9. The van der Waals surface area contributed by atoms with Crippen LogP contribution in [0, 0.1) is 11.8 Å². The van der Waals surface area contributed by atoms with Gasteiger partial charge in [-0.15, -0.1) is 102 Å². The number of ether oxygens (including phenoxy) is 2. The first-order valence-electron chi connectivity index (χ1n) is 30.7. The van der Waals surface area contributed by atoms with Crippen LogP contribution in [-0.4, -0.2) is 155 Å². The van der Waals surface area contributed by atoms with Crippen LogP contribution in [0.4, 0.5) is 0 Å². The smallest absolute Gasteiger partial charge is 0.309 e. The van der Waals surface area contributed by atoms with Gasteiger partial charge >= 0.3 is 11.9 Å². The summed E-state index contributed by atoms with van der Waals surface area (Å²) in [6.45, 7) is 11.4. The summed E-state index contributed by atoms with van der Waals surface area (Å²) in [7, 11) is 1.34. The molecule has 0 unspecified atom stereocenters. The van der Waals surface area contributed by atoms with Crippen LogP contribution in [0.1, 0.15) is 121 Å². The molecule has 32 nitrogen and oxygen atoms in total. The third-order valence-corrected chi connectivity index (χ3v) is 15.8. The summed E-state index contributed by atoms with van der Waals surface area (Å²) >= 11 is 2.00. The maximum Gasteiger partial charge on any atom is 0.309 e. The number of carbonyl (C=O) groups is 3. The molecule has 2 aliphatic rings. The number of amides is 1. The Labute approximate surface area is 554 Å². The molecule has 0 aromatic carbocycles. The summed E-state index contributed by atoms with van der Waals surface area (Å²) < 4.78 is 34.6. The fourth-order valence-electron chi connectivity index (χ4n) is 9.09. The van der Waals surface area contributed by atoms with Gasteiger partial charge in [0, 0.05) is 61.7 Å². The van der Waals surface area contributed by atoms with Crippen molar-refractivity contribution < 1.29 is 45.9 Å². The van der Waals surface area contributed by atoms with Crippen molar-refractivity contribution in [3.05, 3.63) is 152 Å². The predicted molar refractivity (Wildman–Crippen MR) is 340 cm³/mol. The zero-order valence-electron chi connectivity index (χ0n) is 53.7. The van der Waals surface area contributed by atoms with E-state index in [1.165, 1.54) is 37.7 Å². The van der Waals surface area contributed by atoms with Gasteiger partial charge in [0.2, 0.25) is 35.0 Å². The standard InChI is InChI=1S/C16H19N5O2S.C15H20N4O3.C14H13N5O.C10H10N4O3.C8H8N4O/c22-14-7-11-9-24-12(15(11)17-14)3-1-2-4-13-18-20-16(21-19-13)10-5-6-23-8-10;1-10(14(20)22-15(2,3)4)5-6-12-16-18-13(19-17-12)11-7-8-21-9-11;1-10(8-11-2-5-15-6-3-11)13-16-18-14(19-17-13)12-4-7-20-9-12;1-16-9(15)3-2-8-11-13-10(14-12-8)7-4-5-17-6-7;1-2-7-9-11-8(12-10-7)6-3-4-13-5-6/h5-6,8,11-12,15H,1-4,7,9H2,(H,17,22);7-10H,5-6H2,1-4H3;2-7,9-10H,8H2,1H3;4-6H,2-3H2,1H3;3-5H,2H2,1H3/t11-,12-,15-;2*10-;;/m000../s1. The lowest BCUT2D eigenvalue weighted by molar-refractivity contribution is -0.159. The second-order valence-corrected chi connectivity index (χ2v) is 24.0. The quantitative estimate of drug-likeness (QED) is 0.0522. The highest BCUT2D eigenvalue weighted by Crippen LogP contribution is 2.39. The largest absolute Gasteiger partial charge is 0.472 e. The molecule has 33 heteroatoms. The minimum atomic E-state index is -0.475. The molecule has 0 spiro atoms. The van der Waals surface area contributed by atoms with Crippen molar-refractivity contribution >= 4 is 29.6 Å². The van der Waals surface area contributed by atoms with E-state index in [2.05, 4.69) is 124 Å². The van der Waals surface area contributed by atoms with Gasteiger partial charge < -0.3 is 36.9 Å². The third-order valence-electron chi connectivity index (χ3n) is 14.3. The number of thioether (sulfide) groups is 1. The monoisotopic (exact) mass is 1330 g/mol. The topological polar surface area (TPSA) is 418 Å². The number of aromatic nitrogens is 21. The minimum Gasteiger partial charge on any atom is -0.472 e. The number of hydrogen-bond donors (Lipinski definition) is 1. The van der Waals surface area contributed by atoms with Crippen LogP contribution in [-0.2, 0) is 56.0 Å². The van der Waals surface area contributed by atoms with E-state index in [9.17, 15) is 14.4 Å². The van der Waals surface area contributed by atoms with Gasteiger partial charge in [-0.1, -0.05) is 27.2 Å².